The highest BCUT2D eigenvalue weighted by Gasteiger charge is 2.36. The fourth-order valence-corrected chi connectivity index (χ4v) is 5.79. The Kier molecular flexibility index (Phi) is 8.36. The molecule has 1 amide bonds. The first kappa shape index (κ1) is 25.7. The Bertz CT molecular complexity index is 1080. The highest BCUT2D eigenvalue weighted by molar-refractivity contribution is 5.87. The third-order valence-electron chi connectivity index (χ3n) is 8.14. The molecule has 0 radical (unpaired) electrons. The van der Waals surface area contributed by atoms with Crippen LogP contribution in [0.4, 0.5) is 5.82 Å². The smallest absolute Gasteiger partial charge is 0.326 e. The van der Waals surface area contributed by atoms with Crippen molar-refractivity contribution in [2.75, 3.05) is 38.0 Å². The fourth-order valence-electron chi connectivity index (χ4n) is 5.79. The maximum absolute atomic E-state index is 12.9. The Labute approximate surface area is 219 Å². The summed E-state index contributed by atoms with van der Waals surface area (Å²) in [6, 6.07) is 13.4. The average molecular weight is 506 g/mol. The second-order valence-corrected chi connectivity index (χ2v) is 10.8. The molecule has 0 bridgehead atoms. The molecule has 3 aliphatic rings. The number of benzene rings is 1. The number of carbonyl (C=O) groups is 2. The Hall–Kier alpha value is -2.97. The summed E-state index contributed by atoms with van der Waals surface area (Å²) in [5, 5.41) is 16.0. The van der Waals surface area contributed by atoms with Gasteiger partial charge in [-0.3, -0.25) is 9.69 Å². The van der Waals surface area contributed by atoms with Crippen LogP contribution >= 0.6 is 0 Å². The Balaban J connectivity index is 1.04. The van der Waals surface area contributed by atoms with Crippen LogP contribution in [0.3, 0.4) is 0 Å². The number of carboxylic acids is 1. The number of rotatable bonds is 11. The van der Waals surface area contributed by atoms with E-state index in [9.17, 15) is 14.7 Å². The maximum atomic E-state index is 12.9. The van der Waals surface area contributed by atoms with Gasteiger partial charge in [-0.25, -0.2) is 9.78 Å². The van der Waals surface area contributed by atoms with Crippen LogP contribution in [0, 0.1) is 5.92 Å². The summed E-state index contributed by atoms with van der Waals surface area (Å²) < 4.78 is 0. The summed E-state index contributed by atoms with van der Waals surface area (Å²) >= 11 is 0. The lowest BCUT2D eigenvalue weighted by molar-refractivity contribution is -0.144. The number of aryl methyl sites for hydroxylation is 2. The molecule has 0 saturated carbocycles. The molecule has 2 fully saturated rings. The zero-order valence-electron chi connectivity index (χ0n) is 21.6. The monoisotopic (exact) mass is 505 g/mol. The van der Waals surface area contributed by atoms with E-state index in [1.807, 2.05) is 18.2 Å². The maximum Gasteiger partial charge on any atom is 0.326 e. The minimum Gasteiger partial charge on any atom is -0.480 e. The van der Waals surface area contributed by atoms with E-state index in [0.717, 1.165) is 75.4 Å². The van der Waals surface area contributed by atoms with Crippen LogP contribution in [-0.4, -0.2) is 76.6 Å². The summed E-state index contributed by atoms with van der Waals surface area (Å²) in [5.41, 5.74) is 3.64. The van der Waals surface area contributed by atoms with Crippen molar-refractivity contribution in [3.05, 3.63) is 59.3 Å². The number of aliphatic carboxylic acids is 1. The lowest BCUT2D eigenvalue weighted by Crippen LogP contribution is -2.58. The van der Waals surface area contributed by atoms with Gasteiger partial charge in [0.05, 0.1) is 6.04 Å². The molecule has 3 N–H and O–H groups in total. The van der Waals surface area contributed by atoms with Gasteiger partial charge in [-0.2, -0.15) is 0 Å². The van der Waals surface area contributed by atoms with Crippen molar-refractivity contribution in [3.8, 4) is 0 Å². The summed E-state index contributed by atoms with van der Waals surface area (Å²) in [6.45, 7) is 5.23. The van der Waals surface area contributed by atoms with Crippen LogP contribution in [0.15, 0.2) is 42.5 Å². The van der Waals surface area contributed by atoms with E-state index < -0.39 is 12.0 Å². The standard InChI is InChI=1S/C29H39N5O3/c35-28(26-14-18-34(26)20-21-5-2-1-3-6-21)32-25(29(36)37)13-17-33-16-12-22(19-33)8-10-24-11-9-23-7-4-15-30-27(23)31-24/h1-3,5-6,9,11,22,25-26H,4,7-8,10,12-20H2,(H,30,31)(H,32,35)(H,36,37)/t22-,25?,26+/m1/s1. The van der Waals surface area contributed by atoms with Gasteiger partial charge in [-0.05, 0) is 74.6 Å². The highest BCUT2D eigenvalue weighted by atomic mass is 16.4. The van der Waals surface area contributed by atoms with Gasteiger partial charge >= 0.3 is 5.97 Å². The number of likely N-dealkylation sites (tertiary alicyclic amines) is 2. The summed E-state index contributed by atoms with van der Waals surface area (Å²) in [4.78, 5) is 34.0. The number of carboxylic acid groups (broad SMARTS) is 1. The van der Waals surface area contributed by atoms with Gasteiger partial charge in [-0.15, -0.1) is 0 Å². The SMILES string of the molecule is O=C(O)C(CCN1CC[C@@H](CCc2ccc3c(n2)NCCC3)C1)NC(=O)[C@@H]1CCN1Cc1ccccc1. The van der Waals surface area contributed by atoms with Crippen LogP contribution in [0.2, 0.25) is 0 Å². The molecule has 5 rings (SSSR count). The number of pyridine rings is 1. The highest BCUT2D eigenvalue weighted by Crippen LogP contribution is 2.25. The van der Waals surface area contributed by atoms with Crippen molar-refractivity contribution in [2.45, 2.75) is 63.6 Å². The quantitative estimate of drug-likeness (QED) is 0.432. The number of carbonyl (C=O) groups excluding carboxylic acids is 1. The van der Waals surface area contributed by atoms with Crippen molar-refractivity contribution in [1.29, 1.82) is 0 Å². The molecule has 3 atom stereocenters. The second kappa shape index (κ2) is 12.0. The number of hydrogen-bond acceptors (Lipinski definition) is 6. The zero-order chi connectivity index (χ0) is 25.6. The molecule has 198 valence electrons. The van der Waals surface area contributed by atoms with Gasteiger partial charge in [0.1, 0.15) is 11.9 Å². The number of nitrogens with one attached hydrogen (secondary N) is 2. The third kappa shape index (κ3) is 6.67. The van der Waals surface area contributed by atoms with Crippen LogP contribution in [0.1, 0.15) is 48.9 Å². The molecule has 0 aliphatic carbocycles. The molecule has 8 nitrogen and oxygen atoms in total. The Morgan fingerprint density at radius 2 is 2.00 bits per heavy atom. The molecular weight excluding hydrogens is 466 g/mol. The molecule has 37 heavy (non-hydrogen) atoms. The minimum atomic E-state index is -0.954. The number of anilines is 1. The van der Waals surface area contributed by atoms with E-state index in [-0.39, 0.29) is 11.9 Å². The molecule has 2 aromatic rings. The molecular formula is C29H39N5O3. The zero-order valence-corrected chi connectivity index (χ0v) is 21.6. The van der Waals surface area contributed by atoms with E-state index >= 15 is 0 Å². The van der Waals surface area contributed by atoms with E-state index in [2.05, 4.69) is 44.7 Å². The van der Waals surface area contributed by atoms with Gasteiger partial charge < -0.3 is 20.6 Å². The van der Waals surface area contributed by atoms with Crippen molar-refractivity contribution in [2.24, 2.45) is 5.92 Å². The molecule has 8 heteroatoms. The number of fused-ring (bicyclic) bond motifs is 1. The molecule has 2 saturated heterocycles. The molecule has 1 unspecified atom stereocenters. The van der Waals surface area contributed by atoms with E-state index in [4.69, 9.17) is 4.98 Å². The van der Waals surface area contributed by atoms with Crippen LogP contribution in [0.25, 0.3) is 0 Å². The van der Waals surface area contributed by atoms with Crippen LogP contribution < -0.4 is 10.6 Å². The minimum absolute atomic E-state index is 0.166. The second-order valence-electron chi connectivity index (χ2n) is 10.8. The molecule has 1 aromatic carbocycles. The largest absolute Gasteiger partial charge is 0.480 e. The molecule has 4 heterocycles. The fraction of sp³-hybridized carbons (Fsp3) is 0.552. The molecule has 3 aliphatic heterocycles. The molecule has 0 spiro atoms. The van der Waals surface area contributed by atoms with Crippen molar-refractivity contribution < 1.29 is 14.7 Å². The number of aromatic nitrogens is 1. The van der Waals surface area contributed by atoms with E-state index in [1.165, 1.54) is 12.0 Å². The molecule has 1 aromatic heterocycles. The predicted octanol–water partition coefficient (Wildman–Crippen LogP) is 2.93. The van der Waals surface area contributed by atoms with Gasteiger partial charge in [-0.1, -0.05) is 36.4 Å². The Morgan fingerprint density at radius 3 is 2.78 bits per heavy atom. The number of amides is 1. The van der Waals surface area contributed by atoms with Crippen molar-refractivity contribution in [3.63, 3.8) is 0 Å². The van der Waals surface area contributed by atoms with Crippen molar-refractivity contribution in [1.82, 2.24) is 20.1 Å². The summed E-state index contributed by atoms with van der Waals surface area (Å²) in [5.74, 6) is 0.542. The third-order valence-corrected chi connectivity index (χ3v) is 8.14. The lowest BCUT2D eigenvalue weighted by Gasteiger charge is -2.40. The normalized spacial score (nSPS) is 22.5. The van der Waals surface area contributed by atoms with Gasteiger partial charge in [0, 0.05) is 38.4 Å². The first-order valence-corrected chi connectivity index (χ1v) is 13.8. The average Bonchev–Trinajstić information content (AvgIpc) is 3.36. The first-order chi connectivity index (χ1) is 18.0. The van der Waals surface area contributed by atoms with Gasteiger partial charge in [0.2, 0.25) is 5.91 Å². The Morgan fingerprint density at radius 1 is 1.14 bits per heavy atom. The van der Waals surface area contributed by atoms with E-state index in [0.29, 0.717) is 25.4 Å². The lowest BCUT2D eigenvalue weighted by atomic mass is 10.00. The summed E-state index contributed by atoms with van der Waals surface area (Å²) in [7, 11) is 0. The van der Waals surface area contributed by atoms with Gasteiger partial charge in [0.25, 0.3) is 0 Å². The predicted molar refractivity (Wildman–Crippen MR) is 143 cm³/mol. The van der Waals surface area contributed by atoms with Crippen LogP contribution in [-0.2, 0) is 29.0 Å². The van der Waals surface area contributed by atoms with Gasteiger partial charge in [0.15, 0.2) is 0 Å². The van der Waals surface area contributed by atoms with Crippen molar-refractivity contribution >= 4 is 17.7 Å². The number of hydrogen-bond donors (Lipinski definition) is 3. The first-order valence-electron chi connectivity index (χ1n) is 13.8. The number of nitrogens with zero attached hydrogens (tertiary/aromatic N) is 3. The summed E-state index contributed by atoms with van der Waals surface area (Å²) in [6.07, 6.45) is 6.68. The topological polar surface area (TPSA) is 97.8 Å². The van der Waals surface area contributed by atoms with Crippen LogP contribution in [0.5, 0.6) is 0 Å². The van der Waals surface area contributed by atoms with E-state index in [1.54, 1.807) is 0 Å².